The molecule has 39 heavy (non-hydrogen) atoms. The van der Waals surface area contributed by atoms with Crippen LogP contribution in [0.3, 0.4) is 0 Å². The predicted molar refractivity (Wildman–Crippen MR) is 130 cm³/mol. The number of furan rings is 1. The number of fused-ring (bicyclic) bond motifs is 1. The van der Waals surface area contributed by atoms with Gasteiger partial charge in [0.05, 0.1) is 29.1 Å². The molecule has 11 heteroatoms. The molecular weight excluding hydrogens is 526 g/mol. The Labute approximate surface area is 216 Å². The molecule has 2 aromatic heterocycles. The number of benzene rings is 3. The second kappa shape index (κ2) is 9.42. The third-order valence-corrected chi connectivity index (χ3v) is 6.36. The second-order valence-electron chi connectivity index (χ2n) is 8.83. The van der Waals surface area contributed by atoms with Gasteiger partial charge >= 0.3 is 12.4 Å². The number of hydrogen-bond acceptors (Lipinski definition) is 4. The number of nitrogens with zero attached hydrogens (tertiary/aromatic N) is 2. The zero-order valence-electron chi connectivity index (χ0n) is 19.8. The molecule has 200 valence electrons. The van der Waals surface area contributed by atoms with Crippen LogP contribution in [0.25, 0.3) is 27.7 Å². The summed E-state index contributed by atoms with van der Waals surface area (Å²) in [5, 5.41) is 9.92. The highest BCUT2D eigenvalue weighted by atomic mass is 19.4. The lowest BCUT2D eigenvalue weighted by molar-refractivity contribution is -0.376. The van der Waals surface area contributed by atoms with Crippen molar-refractivity contribution >= 4 is 10.9 Å². The van der Waals surface area contributed by atoms with E-state index in [0.29, 0.717) is 28.8 Å². The van der Waals surface area contributed by atoms with Gasteiger partial charge in [0.1, 0.15) is 5.82 Å². The molecule has 0 saturated heterocycles. The summed E-state index contributed by atoms with van der Waals surface area (Å²) in [5.74, 6) is 0.212. The minimum absolute atomic E-state index is 0.0236. The Morgan fingerprint density at radius 1 is 0.821 bits per heavy atom. The van der Waals surface area contributed by atoms with Gasteiger partial charge in [0.15, 0.2) is 0 Å². The van der Waals surface area contributed by atoms with Crippen LogP contribution in [-0.4, -0.2) is 27.0 Å². The maximum absolute atomic E-state index is 13.8. The van der Waals surface area contributed by atoms with E-state index < -0.39 is 29.1 Å². The Balaban J connectivity index is 1.70. The van der Waals surface area contributed by atoms with Crippen LogP contribution in [0.5, 0.6) is 0 Å². The van der Waals surface area contributed by atoms with E-state index in [1.54, 1.807) is 54.6 Å². The van der Waals surface area contributed by atoms with Crippen LogP contribution in [0.2, 0.25) is 0 Å². The van der Waals surface area contributed by atoms with Gasteiger partial charge in [-0.1, -0.05) is 48.5 Å². The molecular formula is C28H18F6N2O3. The number of aromatic nitrogens is 2. The van der Waals surface area contributed by atoms with Crippen LogP contribution in [0.15, 0.2) is 101 Å². The summed E-state index contributed by atoms with van der Waals surface area (Å²) < 4.78 is 86.4. The van der Waals surface area contributed by atoms with Gasteiger partial charge < -0.3 is 9.52 Å². The van der Waals surface area contributed by atoms with Gasteiger partial charge in [-0.2, -0.15) is 26.3 Å². The number of rotatable bonds is 5. The number of aliphatic hydroxyl groups is 1. The lowest BCUT2D eigenvalue weighted by Gasteiger charge is -2.32. The van der Waals surface area contributed by atoms with Gasteiger partial charge in [0.2, 0.25) is 0 Å². The molecule has 0 amide bonds. The molecule has 1 N–H and O–H groups in total. The van der Waals surface area contributed by atoms with E-state index in [9.17, 15) is 36.2 Å². The van der Waals surface area contributed by atoms with Gasteiger partial charge in [0.25, 0.3) is 11.2 Å². The second-order valence-corrected chi connectivity index (χ2v) is 8.83. The Bertz CT molecular complexity index is 1660. The maximum Gasteiger partial charge on any atom is 0.430 e. The molecule has 0 aliphatic heterocycles. The highest BCUT2D eigenvalue weighted by Gasteiger charge is 2.71. The summed E-state index contributed by atoms with van der Waals surface area (Å²) in [6.07, 6.45) is -8.97. The molecule has 0 atom stereocenters. The molecule has 5 rings (SSSR count). The molecule has 5 nitrogen and oxygen atoms in total. The first kappa shape index (κ1) is 26.2. The van der Waals surface area contributed by atoms with Crippen molar-refractivity contribution in [3.63, 3.8) is 0 Å². The van der Waals surface area contributed by atoms with Gasteiger partial charge in [-0.3, -0.25) is 9.36 Å². The third kappa shape index (κ3) is 4.59. The van der Waals surface area contributed by atoms with Crippen LogP contribution in [0, 0.1) is 0 Å². The lowest BCUT2D eigenvalue weighted by Crippen LogP contribution is -2.53. The Morgan fingerprint density at radius 3 is 2.08 bits per heavy atom. The van der Waals surface area contributed by atoms with Crippen LogP contribution in [0.1, 0.15) is 17.0 Å². The normalized spacial score (nSPS) is 12.7. The van der Waals surface area contributed by atoms with Gasteiger partial charge in [-0.25, -0.2) is 4.98 Å². The zero-order valence-corrected chi connectivity index (χ0v) is 19.8. The molecule has 0 spiro atoms. The molecule has 0 radical (unpaired) electrons. The third-order valence-electron chi connectivity index (χ3n) is 6.36. The van der Waals surface area contributed by atoms with Crippen molar-refractivity contribution in [2.75, 3.05) is 0 Å². The highest BCUT2D eigenvalue weighted by Crippen LogP contribution is 2.50. The van der Waals surface area contributed by atoms with Crippen molar-refractivity contribution < 1.29 is 35.9 Å². The van der Waals surface area contributed by atoms with E-state index >= 15 is 0 Å². The Hall–Kier alpha value is -4.38. The van der Waals surface area contributed by atoms with Crippen LogP contribution in [0.4, 0.5) is 26.3 Å². The van der Waals surface area contributed by atoms with E-state index in [-0.39, 0.29) is 23.3 Å². The molecule has 0 bridgehead atoms. The quantitative estimate of drug-likeness (QED) is 0.255. The predicted octanol–water partition coefficient (Wildman–Crippen LogP) is 6.55. The van der Waals surface area contributed by atoms with Crippen molar-refractivity contribution in [1.82, 2.24) is 9.55 Å². The molecule has 0 aliphatic carbocycles. The van der Waals surface area contributed by atoms with Crippen molar-refractivity contribution in [3.05, 3.63) is 119 Å². The van der Waals surface area contributed by atoms with Crippen molar-refractivity contribution in [3.8, 4) is 16.8 Å². The number of halogens is 6. The fraction of sp³-hybridized carbons (Fsp3) is 0.143. The molecule has 5 aromatic rings. The number of alkyl halides is 6. The minimum Gasteiger partial charge on any atom is -0.472 e. The maximum atomic E-state index is 13.8. The minimum atomic E-state index is -6.03. The van der Waals surface area contributed by atoms with Gasteiger partial charge in [-0.15, -0.1) is 0 Å². The summed E-state index contributed by atoms with van der Waals surface area (Å²) in [4.78, 5) is 18.4. The first-order valence-electron chi connectivity index (χ1n) is 11.5. The van der Waals surface area contributed by atoms with Crippen molar-refractivity contribution in [1.29, 1.82) is 0 Å². The van der Waals surface area contributed by atoms with Crippen molar-refractivity contribution in [2.24, 2.45) is 0 Å². The molecule has 3 aromatic carbocycles. The highest BCUT2D eigenvalue weighted by molar-refractivity contribution is 5.84. The Kier molecular flexibility index (Phi) is 6.34. The van der Waals surface area contributed by atoms with E-state index in [4.69, 9.17) is 4.42 Å². The summed E-state index contributed by atoms with van der Waals surface area (Å²) >= 11 is 0. The fourth-order valence-corrected chi connectivity index (χ4v) is 4.34. The summed E-state index contributed by atoms with van der Waals surface area (Å²) in [7, 11) is 0. The van der Waals surface area contributed by atoms with E-state index in [2.05, 4.69) is 4.98 Å². The van der Waals surface area contributed by atoms with Crippen LogP contribution in [-0.2, 0) is 12.0 Å². The molecule has 2 heterocycles. The van der Waals surface area contributed by atoms with E-state index in [0.717, 1.165) is 22.3 Å². The lowest BCUT2D eigenvalue weighted by atomic mass is 9.92. The summed E-state index contributed by atoms with van der Waals surface area (Å²) in [6, 6.07) is 18.4. The first-order valence-corrected chi connectivity index (χ1v) is 11.5. The average molecular weight is 544 g/mol. The first-order chi connectivity index (χ1) is 18.4. The molecule has 0 unspecified atom stereocenters. The smallest absolute Gasteiger partial charge is 0.430 e. The molecule has 0 aliphatic rings. The standard InChI is InChI=1S/C28H18F6N2O3/c29-27(30,31)26(38,28(32,33)34)20-7-9-21(10-8-20)36-24(14-17-4-2-1-3-5-17)35-23-11-6-18(15-22(23)25(36)37)19-12-13-39-16-19/h1-13,15-16,38H,14H2. The molecule has 0 fully saturated rings. The Morgan fingerprint density at radius 2 is 1.49 bits per heavy atom. The number of hydrogen-bond donors (Lipinski definition) is 1. The summed E-state index contributed by atoms with van der Waals surface area (Å²) in [5.41, 5.74) is -4.65. The average Bonchev–Trinajstić information content (AvgIpc) is 3.43. The summed E-state index contributed by atoms with van der Waals surface area (Å²) in [6.45, 7) is 0. The SMILES string of the molecule is O=c1c2cc(-c3ccoc3)ccc2nc(Cc2ccccc2)n1-c1ccc(C(O)(C(F)(F)F)C(F)(F)F)cc1. The van der Waals surface area contributed by atoms with Crippen molar-refractivity contribution in [2.45, 2.75) is 24.4 Å². The zero-order chi connectivity index (χ0) is 28.0. The fourth-order valence-electron chi connectivity index (χ4n) is 4.34. The molecule has 0 saturated carbocycles. The largest absolute Gasteiger partial charge is 0.472 e. The topological polar surface area (TPSA) is 68.3 Å². The van der Waals surface area contributed by atoms with Crippen LogP contribution < -0.4 is 5.56 Å². The van der Waals surface area contributed by atoms with Gasteiger partial charge in [0, 0.05) is 17.5 Å². The van der Waals surface area contributed by atoms with Crippen LogP contribution >= 0.6 is 0 Å². The van der Waals surface area contributed by atoms with Gasteiger partial charge in [-0.05, 0) is 41.5 Å². The van der Waals surface area contributed by atoms with E-state index in [1.807, 2.05) is 0 Å². The monoisotopic (exact) mass is 544 g/mol. The van der Waals surface area contributed by atoms with E-state index in [1.165, 1.54) is 12.5 Å².